The van der Waals surface area contributed by atoms with Crippen LogP contribution in [-0.4, -0.2) is 67.9 Å². The molecule has 1 atom stereocenters. The van der Waals surface area contributed by atoms with Gasteiger partial charge in [0.1, 0.15) is 5.69 Å². The van der Waals surface area contributed by atoms with Crippen molar-refractivity contribution in [2.75, 3.05) is 26.2 Å². The zero-order valence-corrected chi connectivity index (χ0v) is 16.7. The van der Waals surface area contributed by atoms with E-state index in [2.05, 4.69) is 20.1 Å². The molecule has 0 bridgehead atoms. The van der Waals surface area contributed by atoms with Crippen molar-refractivity contribution in [2.45, 2.75) is 39.0 Å². The number of hydrogen-bond acceptors (Lipinski definition) is 7. The van der Waals surface area contributed by atoms with Crippen LogP contribution < -0.4 is 0 Å². The molecule has 0 saturated carbocycles. The summed E-state index contributed by atoms with van der Waals surface area (Å²) >= 11 is 0. The minimum absolute atomic E-state index is 0.0241. The molecule has 2 saturated heterocycles. The molecule has 0 spiro atoms. The van der Waals surface area contributed by atoms with Crippen molar-refractivity contribution >= 4 is 11.8 Å². The Balaban J connectivity index is 1.32. The highest BCUT2D eigenvalue weighted by atomic mass is 16.5. The minimum atomic E-state index is 0.0241. The van der Waals surface area contributed by atoms with Crippen LogP contribution in [0.2, 0.25) is 0 Å². The Labute approximate surface area is 169 Å². The maximum absolute atomic E-state index is 13.0. The number of rotatable bonds is 4. The third-order valence-electron chi connectivity index (χ3n) is 5.84. The monoisotopic (exact) mass is 398 g/mol. The van der Waals surface area contributed by atoms with Crippen molar-refractivity contribution in [3.63, 3.8) is 0 Å². The standard InChI is InChI=1S/C20H26N6O3/c1-14(27)25-9-4-16(5-10-25)20(28)26-8-2-3-15(13-26)11-18-23-19(24-29-18)17-12-21-6-7-22-17/h6-7,12,15-16H,2-5,8-11,13H2,1H3. The lowest BCUT2D eigenvalue weighted by atomic mass is 9.91. The van der Waals surface area contributed by atoms with Gasteiger partial charge in [-0.3, -0.25) is 14.6 Å². The number of amides is 2. The third-order valence-corrected chi connectivity index (χ3v) is 5.84. The number of piperidine rings is 2. The van der Waals surface area contributed by atoms with Gasteiger partial charge in [-0.15, -0.1) is 0 Å². The summed E-state index contributed by atoms with van der Waals surface area (Å²) in [5.74, 6) is 1.66. The third kappa shape index (κ3) is 4.60. The molecule has 2 aromatic rings. The number of likely N-dealkylation sites (tertiary alicyclic amines) is 2. The maximum Gasteiger partial charge on any atom is 0.227 e. The fraction of sp³-hybridized carbons (Fsp3) is 0.600. The summed E-state index contributed by atoms with van der Waals surface area (Å²) in [7, 11) is 0. The molecule has 0 radical (unpaired) electrons. The van der Waals surface area contributed by atoms with Crippen LogP contribution in [0.3, 0.4) is 0 Å². The number of nitrogens with zero attached hydrogens (tertiary/aromatic N) is 6. The molecule has 2 amide bonds. The summed E-state index contributed by atoms with van der Waals surface area (Å²) in [5.41, 5.74) is 0.583. The Morgan fingerprint density at radius 1 is 1.14 bits per heavy atom. The van der Waals surface area contributed by atoms with Crippen LogP contribution in [0.4, 0.5) is 0 Å². The molecule has 2 fully saturated rings. The average molecular weight is 398 g/mol. The van der Waals surface area contributed by atoms with Crippen LogP contribution in [0, 0.1) is 11.8 Å². The van der Waals surface area contributed by atoms with Gasteiger partial charge in [-0.25, -0.2) is 4.98 Å². The summed E-state index contributed by atoms with van der Waals surface area (Å²) in [4.78, 5) is 40.9. The molecule has 9 heteroatoms. The van der Waals surface area contributed by atoms with Gasteiger partial charge in [0, 0.05) is 57.8 Å². The van der Waals surface area contributed by atoms with Crippen molar-refractivity contribution in [1.29, 1.82) is 0 Å². The van der Waals surface area contributed by atoms with Gasteiger partial charge in [0.25, 0.3) is 0 Å². The number of aromatic nitrogens is 4. The van der Waals surface area contributed by atoms with E-state index in [-0.39, 0.29) is 17.7 Å². The fourth-order valence-electron chi connectivity index (χ4n) is 4.23. The second-order valence-electron chi connectivity index (χ2n) is 7.88. The van der Waals surface area contributed by atoms with E-state index in [0.29, 0.717) is 49.4 Å². The molecule has 9 nitrogen and oxygen atoms in total. The highest BCUT2D eigenvalue weighted by Gasteiger charge is 2.32. The number of carbonyl (C=O) groups excluding carboxylic acids is 2. The lowest BCUT2D eigenvalue weighted by Gasteiger charge is -2.37. The molecule has 0 aromatic carbocycles. The molecule has 2 aromatic heterocycles. The van der Waals surface area contributed by atoms with Crippen LogP contribution in [-0.2, 0) is 16.0 Å². The van der Waals surface area contributed by atoms with E-state index in [0.717, 1.165) is 32.2 Å². The summed E-state index contributed by atoms with van der Waals surface area (Å²) in [5, 5.41) is 4.00. The van der Waals surface area contributed by atoms with Gasteiger partial charge in [0.15, 0.2) is 0 Å². The highest BCUT2D eigenvalue weighted by molar-refractivity contribution is 5.80. The van der Waals surface area contributed by atoms with Crippen LogP contribution in [0.1, 0.15) is 38.5 Å². The Kier molecular flexibility index (Phi) is 5.82. The first-order chi connectivity index (χ1) is 14.1. The molecule has 1 unspecified atom stereocenters. The quantitative estimate of drug-likeness (QED) is 0.769. The molecule has 2 aliphatic rings. The van der Waals surface area contributed by atoms with Crippen molar-refractivity contribution in [1.82, 2.24) is 29.9 Å². The van der Waals surface area contributed by atoms with E-state index in [1.165, 1.54) is 0 Å². The highest BCUT2D eigenvalue weighted by Crippen LogP contribution is 2.26. The Bertz CT molecular complexity index is 847. The van der Waals surface area contributed by atoms with E-state index in [1.54, 1.807) is 25.5 Å². The van der Waals surface area contributed by atoms with E-state index < -0.39 is 0 Å². The molecule has 29 heavy (non-hydrogen) atoms. The van der Waals surface area contributed by atoms with Gasteiger partial charge in [-0.05, 0) is 31.6 Å². The van der Waals surface area contributed by atoms with Crippen molar-refractivity contribution in [2.24, 2.45) is 11.8 Å². The summed E-state index contributed by atoms with van der Waals surface area (Å²) in [6, 6.07) is 0. The predicted molar refractivity (Wildman–Crippen MR) is 103 cm³/mol. The van der Waals surface area contributed by atoms with Crippen LogP contribution >= 0.6 is 0 Å². The molecular weight excluding hydrogens is 372 g/mol. The number of carbonyl (C=O) groups is 2. The van der Waals surface area contributed by atoms with Gasteiger partial charge in [-0.1, -0.05) is 5.16 Å². The zero-order chi connectivity index (χ0) is 20.2. The Morgan fingerprint density at radius 2 is 1.97 bits per heavy atom. The number of hydrogen-bond donors (Lipinski definition) is 0. The largest absolute Gasteiger partial charge is 0.343 e. The topological polar surface area (TPSA) is 105 Å². The average Bonchev–Trinajstić information content (AvgIpc) is 3.22. The van der Waals surface area contributed by atoms with Crippen molar-refractivity contribution in [3.05, 3.63) is 24.5 Å². The van der Waals surface area contributed by atoms with Crippen molar-refractivity contribution in [3.8, 4) is 11.5 Å². The van der Waals surface area contributed by atoms with E-state index in [1.807, 2.05) is 9.80 Å². The molecule has 4 heterocycles. The van der Waals surface area contributed by atoms with Crippen molar-refractivity contribution < 1.29 is 14.1 Å². The lowest BCUT2D eigenvalue weighted by Crippen LogP contribution is -2.47. The predicted octanol–water partition coefficient (Wildman–Crippen LogP) is 1.57. The minimum Gasteiger partial charge on any atom is -0.343 e. The summed E-state index contributed by atoms with van der Waals surface area (Å²) in [6.07, 6.45) is 8.98. The van der Waals surface area contributed by atoms with Crippen LogP contribution in [0.5, 0.6) is 0 Å². The molecular formula is C20H26N6O3. The van der Waals surface area contributed by atoms with Crippen LogP contribution in [0.25, 0.3) is 11.5 Å². The first-order valence-electron chi connectivity index (χ1n) is 10.2. The maximum atomic E-state index is 13.0. The van der Waals surface area contributed by atoms with Gasteiger partial charge < -0.3 is 14.3 Å². The molecule has 2 aliphatic heterocycles. The molecule has 0 aliphatic carbocycles. The summed E-state index contributed by atoms with van der Waals surface area (Å²) in [6.45, 7) is 4.46. The first-order valence-corrected chi connectivity index (χ1v) is 10.2. The second kappa shape index (κ2) is 8.67. The van der Waals surface area contributed by atoms with Gasteiger partial charge in [-0.2, -0.15) is 4.98 Å². The first kappa shape index (κ1) is 19.5. The lowest BCUT2D eigenvalue weighted by molar-refractivity contribution is -0.141. The second-order valence-corrected chi connectivity index (χ2v) is 7.88. The Hall–Kier alpha value is -2.84. The van der Waals surface area contributed by atoms with Gasteiger partial charge >= 0.3 is 0 Å². The SMILES string of the molecule is CC(=O)N1CCC(C(=O)N2CCCC(Cc3nc(-c4cnccn4)no3)C2)CC1. The van der Waals surface area contributed by atoms with E-state index in [4.69, 9.17) is 4.52 Å². The summed E-state index contributed by atoms with van der Waals surface area (Å²) < 4.78 is 5.40. The molecule has 4 rings (SSSR count). The van der Waals surface area contributed by atoms with E-state index >= 15 is 0 Å². The zero-order valence-electron chi connectivity index (χ0n) is 16.7. The van der Waals surface area contributed by atoms with Crippen LogP contribution in [0.15, 0.2) is 23.1 Å². The fourth-order valence-corrected chi connectivity index (χ4v) is 4.23. The normalized spacial score (nSPS) is 20.7. The van der Waals surface area contributed by atoms with Gasteiger partial charge in [0.05, 0.1) is 6.20 Å². The van der Waals surface area contributed by atoms with E-state index in [9.17, 15) is 9.59 Å². The van der Waals surface area contributed by atoms with Gasteiger partial charge in [0.2, 0.25) is 23.5 Å². The Morgan fingerprint density at radius 3 is 2.69 bits per heavy atom. The smallest absolute Gasteiger partial charge is 0.227 e. The molecule has 0 N–H and O–H groups in total. The molecule has 154 valence electrons.